The van der Waals surface area contributed by atoms with Crippen LogP contribution in [0, 0.1) is 13.8 Å². The molecule has 4 aromatic rings. The van der Waals surface area contributed by atoms with E-state index in [-0.39, 0.29) is 5.91 Å². The number of amides is 3. The SMILES string of the molecule is CCc1cccc(C)c1N1C(=O)c2ccc3c4c(ccc(c24)C1=O)C(O)N(c1c(C)cccc1CC)C3=O. The Hall–Kier alpha value is -4.29. The van der Waals surface area contributed by atoms with Crippen LogP contribution in [0.3, 0.4) is 0 Å². The van der Waals surface area contributed by atoms with Gasteiger partial charge in [0.2, 0.25) is 0 Å². The lowest BCUT2D eigenvalue weighted by Crippen LogP contribution is -2.43. The number of aryl methyl sites for hydroxylation is 4. The smallest absolute Gasteiger partial charge is 0.266 e. The van der Waals surface area contributed by atoms with Crippen molar-refractivity contribution in [3.63, 3.8) is 0 Å². The number of carbonyl (C=O) groups excluding carboxylic acids is 3. The molecule has 0 saturated carbocycles. The quantitative estimate of drug-likeness (QED) is 0.344. The Morgan fingerprint density at radius 2 is 1.16 bits per heavy atom. The number of imide groups is 1. The molecule has 4 aromatic carbocycles. The number of benzene rings is 4. The topological polar surface area (TPSA) is 77.9 Å². The van der Waals surface area contributed by atoms with E-state index in [1.807, 2.05) is 64.1 Å². The lowest BCUT2D eigenvalue weighted by atomic mass is 9.84. The Labute approximate surface area is 221 Å². The van der Waals surface area contributed by atoms with Gasteiger partial charge in [0.05, 0.1) is 11.4 Å². The summed E-state index contributed by atoms with van der Waals surface area (Å²) in [6.45, 7) is 7.82. The Morgan fingerprint density at radius 3 is 1.74 bits per heavy atom. The van der Waals surface area contributed by atoms with Crippen LogP contribution in [-0.2, 0) is 12.8 Å². The average molecular weight is 505 g/mol. The molecular formula is C32H28N2O4. The maximum absolute atomic E-state index is 13.9. The zero-order chi connectivity index (χ0) is 26.9. The Balaban J connectivity index is 1.57. The molecule has 190 valence electrons. The first kappa shape index (κ1) is 24.1. The summed E-state index contributed by atoms with van der Waals surface area (Å²) in [6, 6.07) is 18.3. The van der Waals surface area contributed by atoms with Gasteiger partial charge >= 0.3 is 0 Å². The van der Waals surface area contributed by atoms with Gasteiger partial charge in [-0.25, -0.2) is 4.90 Å². The Bertz CT molecular complexity index is 1680. The van der Waals surface area contributed by atoms with Gasteiger partial charge in [-0.3, -0.25) is 19.3 Å². The molecule has 1 N–H and O–H groups in total. The minimum atomic E-state index is -1.25. The van der Waals surface area contributed by atoms with Gasteiger partial charge in [0.25, 0.3) is 17.7 Å². The fourth-order valence-corrected chi connectivity index (χ4v) is 6.09. The molecule has 1 atom stereocenters. The van der Waals surface area contributed by atoms with Crippen LogP contribution < -0.4 is 9.80 Å². The summed E-state index contributed by atoms with van der Waals surface area (Å²) < 4.78 is 0. The van der Waals surface area contributed by atoms with E-state index >= 15 is 0 Å². The molecule has 1 unspecified atom stereocenters. The minimum absolute atomic E-state index is 0.351. The van der Waals surface area contributed by atoms with Gasteiger partial charge in [-0.05, 0) is 67.1 Å². The molecule has 2 aliphatic heterocycles. The highest BCUT2D eigenvalue weighted by atomic mass is 16.3. The van der Waals surface area contributed by atoms with E-state index in [0.717, 1.165) is 22.3 Å². The molecule has 0 bridgehead atoms. The summed E-state index contributed by atoms with van der Waals surface area (Å²) in [5, 5.41) is 12.5. The zero-order valence-electron chi connectivity index (χ0n) is 21.8. The first-order valence-corrected chi connectivity index (χ1v) is 13.0. The van der Waals surface area contributed by atoms with Crippen molar-refractivity contribution < 1.29 is 19.5 Å². The molecule has 6 rings (SSSR count). The summed E-state index contributed by atoms with van der Waals surface area (Å²) in [5.74, 6) is -1.20. The van der Waals surface area contributed by atoms with Crippen LogP contribution in [0.25, 0.3) is 10.8 Å². The van der Waals surface area contributed by atoms with Crippen molar-refractivity contribution in [2.45, 2.75) is 46.8 Å². The van der Waals surface area contributed by atoms with Crippen molar-refractivity contribution in [2.75, 3.05) is 9.80 Å². The predicted octanol–water partition coefficient (Wildman–Crippen LogP) is 6.03. The summed E-state index contributed by atoms with van der Waals surface area (Å²) in [7, 11) is 0. The van der Waals surface area contributed by atoms with Crippen molar-refractivity contribution in [3.05, 3.63) is 105 Å². The van der Waals surface area contributed by atoms with Crippen LogP contribution in [0.1, 0.15) is 79.0 Å². The van der Waals surface area contributed by atoms with Crippen molar-refractivity contribution >= 4 is 39.9 Å². The fraction of sp³-hybridized carbons (Fsp3) is 0.219. The summed E-state index contributed by atoms with van der Waals surface area (Å²) in [4.78, 5) is 44.4. The predicted molar refractivity (Wildman–Crippen MR) is 148 cm³/mol. The number of hydrogen-bond donors (Lipinski definition) is 1. The van der Waals surface area contributed by atoms with Crippen LogP contribution >= 0.6 is 0 Å². The van der Waals surface area contributed by atoms with E-state index in [4.69, 9.17) is 0 Å². The van der Waals surface area contributed by atoms with Crippen molar-refractivity contribution in [2.24, 2.45) is 0 Å². The third-order valence-electron chi connectivity index (χ3n) is 7.90. The van der Waals surface area contributed by atoms with Gasteiger partial charge in [-0.1, -0.05) is 56.3 Å². The molecule has 0 aromatic heterocycles. The third-order valence-corrected chi connectivity index (χ3v) is 7.90. The zero-order valence-corrected chi connectivity index (χ0v) is 21.8. The number of anilines is 2. The van der Waals surface area contributed by atoms with E-state index < -0.39 is 18.0 Å². The molecule has 0 aliphatic carbocycles. The number of nitrogens with zero attached hydrogens (tertiary/aromatic N) is 2. The van der Waals surface area contributed by atoms with E-state index in [1.54, 1.807) is 24.3 Å². The lowest BCUT2D eigenvalue weighted by Gasteiger charge is -2.37. The van der Waals surface area contributed by atoms with Crippen molar-refractivity contribution in [1.29, 1.82) is 0 Å². The molecule has 2 heterocycles. The standard InChI is InChI=1S/C32H28N2O4/c1-5-19-11-7-9-17(3)27(19)33-29(35)21-13-15-23-26-24(16-14-22(25(21)26)30(33)36)32(38)34(31(23)37)28-18(4)10-8-12-20(28)6-2/h7-16,29,35H,5-6H2,1-4H3. The fourth-order valence-electron chi connectivity index (χ4n) is 6.09. The van der Waals surface area contributed by atoms with Crippen LogP contribution in [0.4, 0.5) is 11.4 Å². The number of carbonyl (C=O) groups is 3. The Kier molecular flexibility index (Phi) is 5.47. The molecular weight excluding hydrogens is 476 g/mol. The number of rotatable bonds is 4. The summed E-state index contributed by atoms with van der Waals surface area (Å²) >= 11 is 0. The van der Waals surface area contributed by atoms with Crippen LogP contribution in [0.2, 0.25) is 0 Å². The normalized spacial score (nSPS) is 16.6. The van der Waals surface area contributed by atoms with Gasteiger partial charge in [-0.15, -0.1) is 0 Å². The van der Waals surface area contributed by atoms with Gasteiger partial charge < -0.3 is 5.11 Å². The lowest BCUT2D eigenvalue weighted by molar-refractivity contribution is 0.0865. The molecule has 3 amide bonds. The molecule has 0 fully saturated rings. The van der Waals surface area contributed by atoms with Crippen LogP contribution in [0.5, 0.6) is 0 Å². The number of para-hydroxylation sites is 2. The second-order valence-corrected chi connectivity index (χ2v) is 9.98. The second kappa shape index (κ2) is 8.64. The third kappa shape index (κ3) is 3.13. The van der Waals surface area contributed by atoms with E-state index in [9.17, 15) is 19.5 Å². The maximum atomic E-state index is 13.9. The van der Waals surface area contributed by atoms with Gasteiger partial charge in [0.15, 0.2) is 6.23 Å². The van der Waals surface area contributed by atoms with Gasteiger partial charge in [0.1, 0.15) is 0 Å². The van der Waals surface area contributed by atoms with E-state index in [2.05, 4.69) is 0 Å². The summed E-state index contributed by atoms with van der Waals surface area (Å²) in [6.07, 6.45) is 0.117. The first-order chi connectivity index (χ1) is 18.3. The molecule has 6 nitrogen and oxygen atoms in total. The molecule has 0 radical (unpaired) electrons. The number of hydrogen-bond acceptors (Lipinski definition) is 4. The minimum Gasteiger partial charge on any atom is -0.369 e. The molecule has 2 aliphatic rings. The monoisotopic (exact) mass is 504 g/mol. The van der Waals surface area contributed by atoms with E-state index in [1.165, 1.54) is 9.80 Å². The molecule has 0 saturated heterocycles. The van der Waals surface area contributed by atoms with Crippen molar-refractivity contribution in [3.8, 4) is 0 Å². The van der Waals surface area contributed by atoms with E-state index in [0.29, 0.717) is 57.2 Å². The first-order valence-electron chi connectivity index (χ1n) is 13.0. The highest BCUT2D eigenvalue weighted by molar-refractivity contribution is 6.38. The average Bonchev–Trinajstić information content (AvgIpc) is 2.92. The largest absolute Gasteiger partial charge is 0.369 e. The van der Waals surface area contributed by atoms with Gasteiger partial charge in [0, 0.05) is 33.0 Å². The van der Waals surface area contributed by atoms with Crippen molar-refractivity contribution in [1.82, 2.24) is 0 Å². The number of aliphatic hydroxyl groups excluding tert-OH is 1. The number of aliphatic hydroxyl groups is 1. The highest BCUT2D eigenvalue weighted by Gasteiger charge is 2.41. The Morgan fingerprint density at radius 1 is 0.658 bits per heavy atom. The van der Waals surface area contributed by atoms with Crippen LogP contribution in [0.15, 0.2) is 60.7 Å². The molecule has 38 heavy (non-hydrogen) atoms. The maximum Gasteiger partial charge on any atom is 0.266 e. The molecule has 0 spiro atoms. The van der Waals surface area contributed by atoms with Gasteiger partial charge in [-0.2, -0.15) is 0 Å². The van der Waals surface area contributed by atoms with Crippen LogP contribution in [-0.4, -0.2) is 22.8 Å². The second-order valence-electron chi connectivity index (χ2n) is 9.98. The molecule has 6 heteroatoms. The highest BCUT2D eigenvalue weighted by Crippen LogP contribution is 2.45. The summed E-state index contributed by atoms with van der Waals surface area (Å²) in [5.41, 5.74) is 6.47.